The number of carbonyl (C=O) groups excluding carboxylic acids is 1. The molecule has 0 spiro atoms. The molecule has 1 aromatic carbocycles. The Morgan fingerprint density at radius 1 is 1.30 bits per heavy atom. The zero-order valence-corrected chi connectivity index (χ0v) is 13.2. The maximum Gasteiger partial charge on any atom is 0.221 e. The molecule has 0 bridgehead atoms. The van der Waals surface area contributed by atoms with Gasteiger partial charge in [-0.1, -0.05) is 11.6 Å². The number of aryl methyl sites for hydroxylation is 1. The van der Waals surface area contributed by atoms with Crippen LogP contribution in [0.3, 0.4) is 0 Å². The lowest BCUT2D eigenvalue weighted by Gasteiger charge is -2.15. The van der Waals surface area contributed by atoms with Gasteiger partial charge in [-0.3, -0.25) is 4.79 Å². The summed E-state index contributed by atoms with van der Waals surface area (Å²) in [5, 5.41) is 6.24. The average molecular weight is 309 g/mol. The largest absolute Gasteiger partial charge is 0.378 e. The molecule has 0 aliphatic carbocycles. The fourth-order valence-corrected chi connectivity index (χ4v) is 3.03. The third kappa shape index (κ3) is 3.74. The first-order chi connectivity index (χ1) is 9.45. The first-order valence-corrected chi connectivity index (χ1v) is 7.55. The molecule has 2 rings (SSSR count). The van der Waals surface area contributed by atoms with Crippen molar-refractivity contribution in [2.45, 2.75) is 26.8 Å². The molecule has 1 heterocycles. The minimum absolute atomic E-state index is 0.0598. The predicted octanol–water partition coefficient (Wildman–Crippen LogP) is 4.84. The van der Waals surface area contributed by atoms with Gasteiger partial charge in [0.05, 0.1) is 10.4 Å². The number of halogens is 1. The number of amides is 1. The summed E-state index contributed by atoms with van der Waals surface area (Å²) in [6.45, 7) is 5.58. The van der Waals surface area contributed by atoms with Gasteiger partial charge in [-0.05, 0) is 49.7 Å². The SMILES string of the molecule is CC(=O)Nc1ccc(NC(C)c2ccc(Cl)s2)cc1C. The van der Waals surface area contributed by atoms with Crippen molar-refractivity contribution in [3.63, 3.8) is 0 Å². The van der Waals surface area contributed by atoms with Crippen LogP contribution in [-0.4, -0.2) is 5.91 Å². The molecule has 106 valence electrons. The molecular formula is C15H17ClN2OS. The van der Waals surface area contributed by atoms with Gasteiger partial charge in [0.25, 0.3) is 0 Å². The molecule has 0 saturated carbocycles. The number of hydrogen-bond acceptors (Lipinski definition) is 3. The fraction of sp³-hybridized carbons (Fsp3) is 0.267. The lowest BCUT2D eigenvalue weighted by atomic mass is 10.1. The van der Waals surface area contributed by atoms with Gasteiger partial charge in [-0.15, -0.1) is 11.3 Å². The highest BCUT2D eigenvalue weighted by molar-refractivity contribution is 7.16. The quantitative estimate of drug-likeness (QED) is 0.848. The first kappa shape index (κ1) is 14.9. The van der Waals surface area contributed by atoms with Crippen LogP contribution in [0.25, 0.3) is 0 Å². The molecule has 0 aliphatic rings. The maximum atomic E-state index is 11.1. The van der Waals surface area contributed by atoms with Crippen LogP contribution in [0.2, 0.25) is 4.34 Å². The zero-order chi connectivity index (χ0) is 14.7. The van der Waals surface area contributed by atoms with Gasteiger partial charge in [-0.25, -0.2) is 0 Å². The van der Waals surface area contributed by atoms with Gasteiger partial charge in [-0.2, -0.15) is 0 Å². The third-order valence-electron chi connectivity index (χ3n) is 2.94. The Balaban J connectivity index is 2.10. The van der Waals surface area contributed by atoms with Crippen LogP contribution in [-0.2, 0) is 4.79 Å². The normalized spacial score (nSPS) is 12.0. The Morgan fingerprint density at radius 3 is 2.60 bits per heavy atom. The van der Waals surface area contributed by atoms with E-state index in [2.05, 4.69) is 17.6 Å². The van der Waals surface area contributed by atoms with Crippen molar-refractivity contribution in [1.29, 1.82) is 0 Å². The Kier molecular flexibility index (Phi) is 4.68. The van der Waals surface area contributed by atoms with Gasteiger partial charge in [0.15, 0.2) is 0 Å². The molecule has 0 saturated heterocycles. The van der Waals surface area contributed by atoms with E-state index in [1.807, 2.05) is 37.3 Å². The Labute approximate surface area is 128 Å². The van der Waals surface area contributed by atoms with E-state index < -0.39 is 0 Å². The Hall–Kier alpha value is -1.52. The van der Waals surface area contributed by atoms with Gasteiger partial charge < -0.3 is 10.6 Å². The molecule has 1 atom stereocenters. The molecule has 2 aromatic rings. The Morgan fingerprint density at radius 2 is 2.05 bits per heavy atom. The summed E-state index contributed by atoms with van der Waals surface area (Å²) in [6, 6.07) is 10.0. The summed E-state index contributed by atoms with van der Waals surface area (Å²) >= 11 is 7.53. The van der Waals surface area contributed by atoms with Crippen LogP contribution in [0.1, 0.15) is 30.3 Å². The molecule has 1 amide bonds. The number of hydrogen-bond donors (Lipinski definition) is 2. The van der Waals surface area contributed by atoms with E-state index in [1.165, 1.54) is 11.8 Å². The lowest BCUT2D eigenvalue weighted by Crippen LogP contribution is -2.08. The summed E-state index contributed by atoms with van der Waals surface area (Å²) in [6.07, 6.45) is 0. The van der Waals surface area contributed by atoms with E-state index in [0.717, 1.165) is 21.3 Å². The van der Waals surface area contributed by atoms with E-state index in [1.54, 1.807) is 11.3 Å². The number of benzene rings is 1. The highest BCUT2D eigenvalue weighted by atomic mass is 35.5. The van der Waals surface area contributed by atoms with Crippen LogP contribution in [0.15, 0.2) is 30.3 Å². The summed E-state index contributed by atoms with van der Waals surface area (Å²) in [4.78, 5) is 12.3. The minimum atomic E-state index is -0.0598. The average Bonchev–Trinajstić information content (AvgIpc) is 2.79. The fourth-order valence-electron chi connectivity index (χ4n) is 1.97. The lowest BCUT2D eigenvalue weighted by molar-refractivity contribution is -0.114. The second-order valence-electron chi connectivity index (χ2n) is 4.72. The molecule has 1 unspecified atom stereocenters. The molecule has 20 heavy (non-hydrogen) atoms. The summed E-state index contributed by atoms with van der Waals surface area (Å²) in [5.74, 6) is -0.0598. The van der Waals surface area contributed by atoms with E-state index >= 15 is 0 Å². The van der Waals surface area contributed by atoms with Gasteiger partial charge in [0.1, 0.15) is 0 Å². The molecule has 0 aliphatic heterocycles. The van der Waals surface area contributed by atoms with Crippen molar-refractivity contribution < 1.29 is 4.79 Å². The number of carbonyl (C=O) groups is 1. The van der Waals surface area contributed by atoms with E-state index in [-0.39, 0.29) is 11.9 Å². The van der Waals surface area contributed by atoms with E-state index in [9.17, 15) is 4.79 Å². The third-order valence-corrected chi connectivity index (χ3v) is 4.35. The second kappa shape index (κ2) is 6.29. The van der Waals surface area contributed by atoms with Crippen molar-refractivity contribution in [3.8, 4) is 0 Å². The molecule has 0 fully saturated rings. The molecule has 5 heteroatoms. The standard InChI is InChI=1S/C15H17ClN2OS/c1-9-8-12(4-5-13(9)18-11(3)19)17-10(2)14-6-7-15(16)20-14/h4-8,10,17H,1-3H3,(H,18,19). The van der Waals surface area contributed by atoms with Gasteiger partial charge in [0, 0.05) is 23.2 Å². The smallest absolute Gasteiger partial charge is 0.221 e. The predicted molar refractivity (Wildman–Crippen MR) is 86.8 cm³/mol. The molecule has 3 nitrogen and oxygen atoms in total. The van der Waals surface area contributed by atoms with Crippen LogP contribution in [0.5, 0.6) is 0 Å². The van der Waals surface area contributed by atoms with Crippen LogP contribution < -0.4 is 10.6 Å². The van der Waals surface area contributed by atoms with Gasteiger partial charge in [0.2, 0.25) is 5.91 Å². The monoisotopic (exact) mass is 308 g/mol. The van der Waals surface area contributed by atoms with Crippen molar-refractivity contribution in [3.05, 3.63) is 45.1 Å². The van der Waals surface area contributed by atoms with Crippen LogP contribution in [0, 0.1) is 6.92 Å². The van der Waals surface area contributed by atoms with E-state index in [0.29, 0.717) is 0 Å². The highest BCUT2D eigenvalue weighted by Crippen LogP contribution is 2.29. The summed E-state index contributed by atoms with van der Waals surface area (Å²) in [7, 11) is 0. The van der Waals surface area contributed by atoms with Crippen LogP contribution >= 0.6 is 22.9 Å². The van der Waals surface area contributed by atoms with Crippen molar-refractivity contribution >= 4 is 40.2 Å². The van der Waals surface area contributed by atoms with Gasteiger partial charge >= 0.3 is 0 Å². The van der Waals surface area contributed by atoms with Crippen molar-refractivity contribution in [2.24, 2.45) is 0 Å². The Bertz CT molecular complexity index is 624. The topological polar surface area (TPSA) is 41.1 Å². The molecule has 2 N–H and O–H groups in total. The highest BCUT2D eigenvalue weighted by Gasteiger charge is 2.09. The molecule has 1 aromatic heterocycles. The number of thiophene rings is 1. The second-order valence-corrected chi connectivity index (χ2v) is 6.47. The first-order valence-electron chi connectivity index (χ1n) is 6.35. The van der Waals surface area contributed by atoms with Crippen molar-refractivity contribution in [1.82, 2.24) is 0 Å². The zero-order valence-electron chi connectivity index (χ0n) is 11.7. The number of nitrogens with one attached hydrogen (secondary N) is 2. The summed E-state index contributed by atoms with van der Waals surface area (Å²) < 4.78 is 0.797. The number of rotatable bonds is 4. The molecule has 0 radical (unpaired) electrons. The van der Waals surface area contributed by atoms with Crippen molar-refractivity contribution in [2.75, 3.05) is 10.6 Å². The minimum Gasteiger partial charge on any atom is -0.378 e. The summed E-state index contributed by atoms with van der Waals surface area (Å²) in [5.41, 5.74) is 2.89. The van der Waals surface area contributed by atoms with E-state index in [4.69, 9.17) is 11.6 Å². The van der Waals surface area contributed by atoms with Crippen LogP contribution in [0.4, 0.5) is 11.4 Å². The number of anilines is 2. The maximum absolute atomic E-state index is 11.1. The molecular weight excluding hydrogens is 292 g/mol.